The van der Waals surface area contributed by atoms with Gasteiger partial charge in [-0.05, 0) is 24.1 Å². The predicted octanol–water partition coefficient (Wildman–Crippen LogP) is 2.31. The predicted molar refractivity (Wildman–Crippen MR) is 86.2 cm³/mol. The first-order chi connectivity index (χ1) is 12.1. The molecule has 2 aromatic rings. The molecule has 0 amide bonds. The maximum Gasteiger partial charge on any atom is 0.437 e. The van der Waals surface area contributed by atoms with Crippen molar-refractivity contribution in [1.29, 1.82) is 0 Å². The van der Waals surface area contributed by atoms with E-state index in [0.29, 0.717) is 5.56 Å². The van der Waals surface area contributed by atoms with Crippen molar-refractivity contribution in [2.45, 2.75) is 26.1 Å². The minimum Gasteiger partial charge on any atom is -0.422 e. The first-order valence-electron chi connectivity index (χ1n) is 7.32. The largest absolute Gasteiger partial charge is 0.437 e. The molecule has 0 aliphatic heterocycles. The third kappa shape index (κ3) is 4.61. The van der Waals surface area contributed by atoms with E-state index in [1.807, 2.05) is 0 Å². The normalized spacial score (nSPS) is 13.2. The molecule has 0 aliphatic rings. The smallest absolute Gasteiger partial charge is 0.422 e. The van der Waals surface area contributed by atoms with Crippen molar-refractivity contribution in [1.82, 2.24) is 0 Å². The first kappa shape index (κ1) is 19.9. The fourth-order valence-electron chi connectivity index (χ4n) is 2.05. The number of aliphatic hydroxyl groups is 1. The molecule has 11 heteroatoms. The topological polar surface area (TPSA) is 106 Å². The van der Waals surface area contributed by atoms with Crippen LogP contribution in [-0.4, -0.2) is 31.2 Å². The van der Waals surface area contributed by atoms with Crippen molar-refractivity contribution in [2.75, 3.05) is 5.75 Å². The average molecular weight is 393 g/mol. The van der Waals surface area contributed by atoms with Crippen LogP contribution < -0.4 is 5.63 Å². The van der Waals surface area contributed by atoms with E-state index in [4.69, 9.17) is 9.52 Å². The van der Waals surface area contributed by atoms with Crippen LogP contribution in [-0.2, 0) is 21.0 Å². The van der Waals surface area contributed by atoms with Crippen molar-refractivity contribution in [3.05, 3.63) is 45.8 Å². The Morgan fingerprint density at radius 3 is 2.58 bits per heavy atom. The van der Waals surface area contributed by atoms with Gasteiger partial charge in [-0.25, -0.2) is 4.79 Å². The zero-order valence-corrected chi connectivity index (χ0v) is 14.2. The highest BCUT2D eigenvalue weighted by atomic mass is 32.2. The Kier molecular flexibility index (Phi) is 5.71. The molecule has 1 aromatic heterocycles. The zero-order valence-electron chi connectivity index (χ0n) is 13.4. The summed E-state index contributed by atoms with van der Waals surface area (Å²) in [6.07, 6.45) is -5.04. The number of halogens is 3. The molecule has 0 unspecified atom stereocenters. The van der Waals surface area contributed by atoms with E-state index < -0.39 is 38.9 Å². The average Bonchev–Trinajstić information content (AvgIpc) is 2.53. The molecule has 7 nitrogen and oxygen atoms in total. The van der Waals surface area contributed by atoms with Gasteiger partial charge >= 0.3 is 21.9 Å². The molecular formula is C15H14F3NO6S. The maximum absolute atomic E-state index is 13.2. The number of benzene rings is 1. The lowest BCUT2D eigenvalue weighted by atomic mass is 10.1. The minimum absolute atomic E-state index is 0.0358. The number of aliphatic hydroxyl groups excluding tert-OH is 1. The highest BCUT2D eigenvalue weighted by Gasteiger charge is 2.40. The highest BCUT2D eigenvalue weighted by Crippen LogP contribution is 2.24. The molecule has 0 aliphatic carbocycles. The lowest BCUT2D eigenvalue weighted by Crippen LogP contribution is -2.30. The fraction of sp³-hybridized carbons (Fsp3) is 0.333. The number of oxime groups is 1. The summed E-state index contributed by atoms with van der Waals surface area (Å²) >= 11 is 0. The van der Waals surface area contributed by atoms with Crippen LogP contribution in [0.25, 0.3) is 11.0 Å². The van der Waals surface area contributed by atoms with Crippen LogP contribution in [0.3, 0.4) is 0 Å². The van der Waals surface area contributed by atoms with Gasteiger partial charge in [-0.15, -0.1) is 0 Å². The van der Waals surface area contributed by atoms with Crippen LogP contribution in [0.2, 0.25) is 0 Å². The molecule has 0 spiro atoms. The highest BCUT2D eigenvalue weighted by molar-refractivity contribution is 7.86. The molecule has 26 heavy (non-hydrogen) atoms. The van der Waals surface area contributed by atoms with E-state index in [2.05, 4.69) is 9.44 Å². The van der Waals surface area contributed by atoms with E-state index in [1.165, 1.54) is 25.1 Å². The van der Waals surface area contributed by atoms with Gasteiger partial charge in [0.25, 0.3) is 0 Å². The number of alkyl halides is 3. The molecule has 1 heterocycles. The van der Waals surface area contributed by atoms with Gasteiger partial charge < -0.3 is 9.52 Å². The molecule has 142 valence electrons. The summed E-state index contributed by atoms with van der Waals surface area (Å²) in [5.41, 5.74) is -3.83. The fourth-order valence-corrected chi connectivity index (χ4v) is 2.82. The second-order valence-electron chi connectivity index (χ2n) is 5.25. The lowest BCUT2D eigenvalue weighted by molar-refractivity contribution is -0.0598. The summed E-state index contributed by atoms with van der Waals surface area (Å²) in [6.45, 7) is 1.15. The molecular weight excluding hydrogens is 379 g/mol. The number of fused-ring (bicyclic) bond motifs is 1. The standard InChI is InChI=1S/C15H14F3NO6S/c1-2-5-26(22,23)25-19-13(15(16,17)18)11-7-10-4-3-9(8-20)6-12(10)24-14(11)21/h3-4,6-7,20H,2,5,8H2,1H3/b19-13+. The van der Waals surface area contributed by atoms with Gasteiger partial charge in [-0.1, -0.05) is 24.2 Å². The Labute approximate surface area is 145 Å². The van der Waals surface area contributed by atoms with Gasteiger partial charge in [-0.2, -0.15) is 21.6 Å². The van der Waals surface area contributed by atoms with Crippen molar-refractivity contribution in [2.24, 2.45) is 5.16 Å². The maximum atomic E-state index is 13.2. The second kappa shape index (κ2) is 7.46. The first-order valence-corrected chi connectivity index (χ1v) is 8.89. The number of rotatable bonds is 6. The Balaban J connectivity index is 2.59. The van der Waals surface area contributed by atoms with Crippen LogP contribution in [0.15, 0.2) is 38.6 Å². The summed E-state index contributed by atoms with van der Waals surface area (Å²) in [6, 6.07) is 4.94. The quantitative estimate of drug-likeness (QED) is 0.459. The van der Waals surface area contributed by atoms with Gasteiger partial charge in [-0.3, -0.25) is 4.28 Å². The Hall–Kier alpha value is -2.40. The summed E-state index contributed by atoms with van der Waals surface area (Å²) in [4.78, 5) is 12.0. The number of nitrogens with zero attached hydrogens (tertiary/aromatic N) is 1. The molecule has 2 rings (SSSR count). The van der Waals surface area contributed by atoms with Crippen LogP contribution in [0, 0.1) is 0 Å². The Morgan fingerprint density at radius 1 is 1.31 bits per heavy atom. The third-order valence-electron chi connectivity index (χ3n) is 3.20. The van der Waals surface area contributed by atoms with Crippen LogP contribution in [0.4, 0.5) is 13.2 Å². The molecule has 1 aromatic carbocycles. The zero-order chi connectivity index (χ0) is 19.5. The monoisotopic (exact) mass is 393 g/mol. The van der Waals surface area contributed by atoms with E-state index in [1.54, 1.807) is 0 Å². The molecule has 0 atom stereocenters. The summed E-state index contributed by atoms with van der Waals surface area (Å²) in [5.74, 6) is -0.530. The SMILES string of the molecule is CCCS(=O)(=O)O/N=C(\c1cc2ccc(CO)cc2oc1=O)C(F)(F)F. The van der Waals surface area contributed by atoms with Crippen LogP contribution >= 0.6 is 0 Å². The van der Waals surface area contributed by atoms with Gasteiger partial charge in [0.1, 0.15) is 5.58 Å². The van der Waals surface area contributed by atoms with E-state index in [-0.39, 0.29) is 24.0 Å². The molecule has 0 saturated heterocycles. The van der Waals surface area contributed by atoms with Crippen molar-refractivity contribution >= 4 is 26.8 Å². The van der Waals surface area contributed by atoms with Crippen LogP contribution in [0.5, 0.6) is 0 Å². The molecule has 0 fully saturated rings. The van der Waals surface area contributed by atoms with E-state index in [0.717, 1.165) is 6.07 Å². The number of hydrogen-bond donors (Lipinski definition) is 1. The lowest BCUT2D eigenvalue weighted by Gasteiger charge is -2.10. The summed E-state index contributed by atoms with van der Waals surface area (Å²) in [5, 5.41) is 11.8. The Morgan fingerprint density at radius 2 is 2.00 bits per heavy atom. The van der Waals surface area contributed by atoms with E-state index >= 15 is 0 Å². The van der Waals surface area contributed by atoms with Gasteiger partial charge in [0, 0.05) is 5.39 Å². The molecule has 1 N–H and O–H groups in total. The third-order valence-corrected chi connectivity index (χ3v) is 4.41. The summed E-state index contributed by atoms with van der Waals surface area (Å²) in [7, 11) is -4.31. The van der Waals surface area contributed by atoms with E-state index in [9.17, 15) is 26.4 Å². The van der Waals surface area contributed by atoms with Gasteiger partial charge in [0.05, 0.1) is 17.9 Å². The second-order valence-corrected chi connectivity index (χ2v) is 6.92. The van der Waals surface area contributed by atoms with Crippen molar-refractivity contribution < 1.29 is 35.4 Å². The summed E-state index contributed by atoms with van der Waals surface area (Å²) < 4.78 is 71.5. The minimum atomic E-state index is -5.16. The van der Waals surface area contributed by atoms with Crippen LogP contribution in [0.1, 0.15) is 24.5 Å². The Bertz CT molecular complexity index is 995. The molecule has 0 radical (unpaired) electrons. The molecule has 0 saturated carbocycles. The van der Waals surface area contributed by atoms with Crippen molar-refractivity contribution in [3.63, 3.8) is 0 Å². The van der Waals surface area contributed by atoms with Gasteiger partial charge in [0.15, 0.2) is 5.71 Å². The van der Waals surface area contributed by atoms with Crippen molar-refractivity contribution in [3.8, 4) is 0 Å². The van der Waals surface area contributed by atoms with Gasteiger partial charge in [0.2, 0.25) is 0 Å². The number of hydrogen-bond acceptors (Lipinski definition) is 7. The molecule has 0 bridgehead atoms.